The summed E-state index contributed by atoms with van der Waals surface area (Å²) < 4.78 is 23.4. The summed E-state index contributed by atoms with van der Waals surface area (Å²) in [6.45, 7) is 2.90. The first-order valence-corrected chi connectivity index (χ1v) is 9.96. The van der Waals surface area contributed by atoms with E-state index in [4.69, 9.17) is 5.26 Å². The Morgan fingerprint density at radius 1 is 1.07 bits per heavy atom. The van der Waals surface area contributed by atoms with Crippen LogP contribution in [0.15, 0.2) is 52.4 Å². The van der Waals surface area contributed by atoms with E-state index in [-0.39, 0.29) is 24.0 Å². The van der Waals surface area contributed by atoms with E-state index in [1.165, 1.54) is 6.26 Å². The molecular formula is C19H23IN4O2S. The minimum atomic E-state index is -3.21. The van der Waals surface area contributed by atoms with E-state index in [1.807, 2.05) is 18.2 Å². The highest BCUT2D eigenvalue weighted by molar-refractivity contribution is 14.0. The predicted molar refractivity (Wildman–Crippen MR) is 118 cm³/mol. The molecule has 0 heterocycles. The van der Waals surface area contributed by atoms with Gasteiger partial charge in [0.05, 0.1) is 16.5 Å². The molecule has 0 spiro atoms. The van der Waals surface area contributed by atoms with Gasteiger partial charge in [0.25, 0.3) is 0 Å². The molecule has 0 aliphatic rings. The largest absolute Gasteiger partial charge is 0.352 e. The number of rotatable bonds is 5. The van der Waals surface area contributed by atoms with Gasteiger partial charge < -0.3 is 10.6 Å². The third kappa shape index (κ3) is 6.84. The first-order valence-electron chi connectivity index (χ1n) is 8.06. The molecule has 2 aromatic rings. The molecule has 0 radical (unpaired) electrons. The first-order chi connectivity index (χ1) is 12.3. The molecule has 27 heavy (non-hydrogen) atoms. The number of guanidine groups is 1. The van der Waals surface area contributed by atoms with Crippen LogP contribution in [0.5, 0.6) is 0 Å². The molecule has 0 atom stereocenters. The highest BCUT2D eigenvalue weighted by atomic mass is 127. The number of nitrogens with zero attached hydrogens (tertiary/aromatic N) is 2. The van der Waals surface area contributed by atoms with Crippen molar-refractivity contribution in [3.05, 3.63) is 64.7 Å². The monoisotopic (exact) mass is 498 g/mol. The summed E-state index contributed by atoms with van der Waals surface area (Å²) in [5, 5.41) is 15.2. The molecule has 0 saturated carbocycles. The fourth-order valence-corrected chi connectivity index (χ4v) is 3.49. The van der Waals surface area contributed by atoms with Gasteiger partial charge in [-0.15, -0.1) is 24.0 Å². The van der Waals surface area contributed by atoms with Crippen molar-refractivity contribution in [2.75, 3.05) is 13.3 Å². The molecule has 0 saturated heterocycles. The molecule has 8 heteroatoms. The number of nitriles is 1. The van der Waals surface area contributed by atoms with Crippen molar-refractivity contribution in [3.8, 4) is 6.07 Å². The summed E-state index contributed by atoms with van der Waals surface area (Å²) in [6.07, 6.45) is 1.21. The summed E-state index contributed by atoms with van der Waals surface area (Å²) >= 11 is 0. The van der Waals surface area contributed by atoms with Crippen LogP contribution in [0.2, 0.25) is 0 Å². The Labute approximate surface area is 177 Å². The Kier molecular flexibility index (Phi) is 8.72. The van der Waals surface area contributed by atoms with Gasteiger partial charge in [0, 0.05) is 26.4 Å². The van der Waals surface area contributed by atoms with Crippen molar-refractivity contribution in [2.24, 2.45) is 4.99 Å². The Morgan fingerprint density at radius 2 is 1.63 bits per heavy atom. The summed E-state index contributed by atoms with van der Waals surface area (Å²) in [5.74, 6) is 0.638. The maximum absolute atomic E-state index is 11.7. The van der Waals surface area contributed by atoms with Crippen LogP contribution in [0, 0.1) is 18.3 Å². The van der Waals surface area contributed by atoms with Gasteiger partial charge in [-0.3, -0.25) is 4.99 Å². The highest BCUT2D eigenvalue weighted by Gasteiger charge is 2.10. The normalized spacial score (nSPS) is 11.3. The molecule has 0 unspecified atom stereocenters. The zero-order valence-electron chi connectivity index (χ0n) is 15.5. The number of sulfone groups is 1. The van der Waals surface area contributed by atoms with E-state index in [1.54, 1.807) is 38.2 Å². The maximum Gasteiger partial charge on any atom is 0.191 e. The highest BCUT2D eigenvalue weighted by Crippen LogP contribution is 2.16. The van der Waals surface area contributed by atoms with E-state index in [0.29, 0.717) is 29.5 Å². The van der Waals surface area contributed by atoms with Crippen LogP contribution in [-0.4, -0.2) is 27.7 Å². The molecule has 0 amide bonds. The lowest BCUT2D eigenvalue weighted by molar-refractivity contribution is 0.601. The number of halogens is 1. The fourth-order valence-electron chi connectivity index (χ4n) is 2.53. The van der Waals surface area contributed by atoms with E-state index in [2.05, 4.69) is 21.7 Å². The van der Waals surface area contributed by atoms with E-state index in [0.717, 1.165) is 16.7 Å². The number of hydrogen-bond donors (Lipinski definition) is 2. The molecule has 2 N–H and O–H groups in total. The van der Waals surface area contributed by atoms with Crippen molar-refractivity contribution in [3.63, 3.8) is 0 Å². The molecule has 0 aliphatic heterocycles. The van der Waals surface area contributed by atoms with Crippen molar-refractivity contribution >= 4 is 39.8 Å². The number of hydrogen-bond acceptors (Lipinski definition) is 4. The predicted octanol–water partition coefficient (Wildman–Crippen LogP) is 2.75. The molecule has 0 aromatic heterocycles. The molecule has 2 aromatic carbocycles. The van der Waals surface area contributed by atoms with E-state index in [9.17, 15) is 8.42 Å². The molecule has 2 rings (SSSR count). The van der Waals surface area contributed by atoms with Crippen LogP contribution in [-0.2, 0) is 22.9 Å². The number of aliphatic imine (C=N–C) groups is 1. The van der Waals surface area contributed by atoms with Gasteiger partial charge in [-0.25, -0.2) is 8.42 Å². The zero-order valence-corrected chi connectivity index (χ0v) is 18.6. The standard InChI is InChI=1S/C19H22N4O2S.HI/c1-14-10-17(8-9-18(14)26(3,24)25)13-23-19(21-2)22-12-16-6-4-15(11-20)5-7-16;/h4-10H,12-13H2,1-3H3,(H2,21,22,23);1H. The van der Waals surface area contributed by atoms with Crippen LogP contribution >= 0.6 is 24.0 Å². The smallest absolute Gasteiger partial charge is 0.191 e. The fraction of sp³-hybridized carbons (Fsp3) is 0.263. The van der Waals surface area contributed by atoms with E-state index >= 15 is 0 Å². The van der Waals surface area contributed by atoms with Gasteiger partial charge in [0.2, 0.25) is 0 Å². The second kappa shape index (κ2) is 10.3. The molecule has 0 aliphatic carbocycles. The van der Waals surface area contributed by atoms with Crippen molar-refractivity contribution in [1.82, 2.24) is 10.6 Å². The van der Waals surface area contributed by atoms with Crippen LogP contribution < -0.4 is 10.6 Å². The average Bonchev–Trinajstić information content (AvgIpc) is 2.61. The van der Waals surface area contributed by atoms with Crippen molar-refractivity contribution in [2.45, 2.75) is 24.9 Å². The van der Waals surface area contributed by atoms with Crippen LogP contribution in [0.4, 0.5) is 0 Å². The van der Waals surface area contributed by atoms with Gasteiger partial charge in [-0.2, -0.15) is 5.26 Å². The second-order valence-electron chi connectivity index (χ2n) is 5.96. The van der Waals surface area contributed by atoms with Crippen LogP contribution in [0.3, 0.4) is 0 Å². The first kappa shape index (κ1) is 22.9. The zero-order chi connectivity index (χ0) is 19.2. The lowest BCUT2D eigenvalue weighted by Crippen LogP contribution is -2.36. The molecule has 0 fully saturated rings. The third-order valence-corrected chi connectivity index (χ3v) is 5.12. The summed E-state index contributed by atoms with van der Waals surface area (Å²) in [6, 6.07) is 14.7. The molecule has 6 nitrogen and oxygen atoms in total. The maximum atomic E-state index is 11.7. The van der Waals surface area contributed by atoms with Gasteiger partial charge in [-0.05, 0) is 41.8 Å². The van der Waals surface area contributed by atoms with Gasteiger partial charge in [0.1, 0.15) is 0 Å². The van der Waals surface area contributed by atoms with Gasteiger partial charge in [-0.1, -0.05) is 24.3 Å². The second-order valence-corrected chi connectivity index (χ2v) is 7.94. The van der Waals surface area contributed by atoms with E-state index < -0.39 is 9.84 Å². The molecular weight excluding hydrogens is 475 g/mol. The average molecular weight is 498 g/mol. The topological polar surface area (TPSA) is 94.3 Å². The Bertz CT molecular complexity index is 949. The number of nitrogens with one attached hydrogen (secondary N) is 2. The summed E-state index contributed by atoms with van der Waals surface area (Å²) in [7, 11) is -1.52. The molecule has 144 valence electrons. The van der Waals surface area contributed by atoms with Crippen molar-refractivity contribution < 1.29 is 8.42 Å². The van der Waals surface area contributed by atoms with Gasteiger partial charge in [0.15, 0.2) is 15.8 Å². The minimum Gasteiger partial charge on any atom is -0.352 e. The summed E-state index contributed by atoms with van der Waals surface area (Å²) in [5.41, 5.74) is 3.37. The van der Waals surface area contributed by atoms with Crippen molar-refractivity contribution in [1.29, 1.82) is 5.26 Å². The Balaban J connectivity index is 0.00000364. The van der Waals surface area contributed by atoms with Crippen LogP contribution in [0.1, 0.15) is 22.3 Å². The lowest BCUT2D eigenvalue weighted by Gasteiger charge is -2.13. The summed E-state index contributed by atoms with van der Waals surface area (Å²) in [4.78, 5) is 4.53. The minimum absolute atomic E-state index is 0. The number of benzene rings is 2. The third-order valence-electron chi connectivity index (χ3n) is 3.87. The Hall–Kier alpha value is -2.12. The number of aryl methyl sites for hydroxylation is 1. The quantitative estimate of drug-likeness (QED) is 0.376. The SMILES string of the molecule is CN=C(NCc1ccc(C#N)cc1)NCc1ccc(S(C)(=O)=O)c(C)c1.I. The molecule has 0 bridgehead atoms. The Morgan fingerprint density at radius 3 is 2.11 bits per heavy atom. The lowest BCUT2D eigenvalue weighted by atomic mass is 10.1. The van der Waals surface area contributed by atoms with Gasteiger partial charge >= 0.3 is 0 Å². The van der Waals surface area contributed by atoms with Crippen LogP contribution in [0.25, 0.3) is 0 Å².